The SMILES string of the molecule is CCC(C)CNc1cc(C(=O)O)ccc1F. The van der Waals surface area contributed by atoms with Gasteiger partial charge in [-0.3, -0.25) is 0 Å². The maximum absolute atomic E-state index is 13.3. The molecular formula is C12H16FNO2. The normalized spacial score (nSPS) is 12.2. The minimum Gasteiger partial charge on any atom is -0.478 e. The highest BCUT2D eigenvalue weighted by Gasteiger charge is 2.08. The zero-order chi connectivity index (χ0) is 12.1. The van der Waals surface area contributed by atoms with Gasteiger partial charge in [0.15, 0.2) is 0 Å². The lowest BCUT2D eigenvalue weighted by Gasteiger charge is -2.12. The van der Waals surface area contributed by atoms with Crippen molar-refractivity contribution in [2.45, 2.75) is 20.3 Å². The van der Waals surface area contributed by atoms with Crippen LogP contribution < -0.4 is 5.32 Å². The fraction of sp³-hybridized carbons (Fsp3) is 0.417. The van der Waals surface area contributed by atoms with E-state index in [4.69, 9.17) is 5.11 Å². The van der Waals surface area contributed by atoms with E-state index in [1.54, 1.807) is 0 Å². The lowest BCUT2D eigenvalue weighted by molar-refractivity contribution is 0.0697. The first-order valence-corrected chi connectivity index (χ1v) is 5.31. The quantitative estimate of drug-likeness (QED) is 0.809. The van der Waals surface area contributed by atoms with Crippen molar-refractivity contribution in [2.75, 3.05) is 11.9 Å². The molecule has 0 amide bonds. The number of aromatic carboxylic acids is 1. The number of anilines is 1. The van der Waals surface area contributed by atoms with Gasteiger partial charge in [0.05, 0.1) is 11.3 Å². The number of nitrogens with one attached hydrogen (secondary N) is 1. The molecular weight excluding hydrogens is 209 g/mol. The lowest BCUT2D eigenvalue weighted by Crippen LogP contribution is -2.12. The second-order valence-electron chi connectivity index (χ2n) is 3.89. The van der Waals surface area contributed by atoms with Crippen molar-refractivity contribution in [1.82, 2.24) is 0 Å². The number of carbonyl (C=O) groups is 1. The predicted octanol–water partition coefficient (Wildman–Crippen LogP) is 2.98. The van der Waals surface area contributed by atoms with Gasteiger partial charge in [0.2, 0.25) is 0 Å². The molecule has 0 aliphatic heterocycles. The summed E-state index contributed by atoms with van der Waals surface area (Å²) in [4.78, 5) is 10.7. The molecule has 1 aromatic carbocycles. The molecule has 0 spiro atoms. The summed E-state index contributed by atoms with van der Waals surface area (Å²) in [6, 6.07) is 3.74. The van der Waals surface area contributed by atoms with Crippen molar-refractivity contribution < 1.29 is 14.3 Å². The van der Waals surface area contributed by atoms with E-state index in [1.807, 2.05) is 6.92 Å². The van der Waals surface area contributed by atoms with Gasteiger partial charge in [-0.05, 0) is 24.1 Å². The average Bonchev–Trinajstić information content (AvgIpc) is 2.27. The third kappa shape index (κ3) is 3.22. The number of rotatable bonds is 5. The summed E-state index contributed by atoms with van der Waals surface area (Å²) in [5.41, 5.74) is 0.341. The van der Waals surface area contributed by atoms with Crippen LogP contribution in [0, 0.1) is 11.7 Å². The van der Waals surface area contributed by atoms with Crippen molar-refractivity contribution in [3.8, 4) is 0 Å². The minimum absolute atomic E-state index is 0.0908. The van der Waals surface area contributed by atoms with Crippen LogP contribution in [0.4, 0.5) is 10.1 Å². The monoisotopic (exact) mass is 225 g/mol. The summed E-state index contributed by atoms with van der Waals surface area (Å²) in [7, 11) is 0. The zero-order valence-corrected chi connectivity index (χ0v) is 9.46. The molecule has 2 N–H and O–H groups in total. The topological polar surface area (TPSA) is 49.3 Å². The van der Waals surface area contributed by atoms with Crippen LogP contribution in [0.15, 0.2) is 18.2 Å². The van der Waals surface area contributed by atoms with Crippen LogP contribution in [0.25, 0.3) is 0 Å². The van der Waals surface area contributed by atoms with Crippen molar-refractivity contribution in [1.29, 1.82) is 0 Å². The molecule has 16 heavy (non-hydrogen) atoms. The average molecular weight is 225 g/mol. The first-order chi connectivity index (χ1) is 7.54. The van der Waals surface area contributed by atoms with Gasteiger partial charge in [0, 0.05) is 6.54 Å². The lowest BCUT2D eigenvalue weighted by atomic mass is 10.1. The molecule has 4 heteroatoms. The van der Waals surface area contributed by atoms with E-state index in [-0.39, 0.29) is 11.3 Å². The molecule has 0 aliphatic carbocycles. The fourth-order valence-electron chi connectivity index (χ4n) is 1.22. The van der Waals surface area contributed by atoms with Crippen molar-refractivity contribution in [2.24, 2.45) is 5.92 Å². The molecule has 0 aromatic heterocycles. The highest BCUT2D eigenvalue weighted by atomic mass is 19.1. The van der Waals surface area contributed by atoms with E-state index in [2.05, 4.69) is 12.2 Å². The Balaban J connectivity index is 2.78. The Morgan fingerprint density at radius 2 is 2.25 bits per heavy atom. The standard InChI is InChI=1S/C12H16FNO2/c1-3-8(2)7-14-11-6-9(12(15)16)4-5-10(11)13/h4-6,8,14H,3,7H2,1-2H3,(H,15,16). The van der Waals surface area contributed by atoms with Crippen LogP contribution >= 0.6 is 0 Å². The third-order valence-corrected chi connectivity index (χ3v) is 2.55. The summed E-state index contributed by atoms with van der Waals surface area (Å²) < 4.78 is 13.3. The van der Waals surface area contributed by atoms with E-state index < -0.39 is 11.8 Å². The molecule has 0 saturated heterocycles. The Hall–Kier alpha value is -1.58. The second-order valence-corrected chi connectivity index (χ2v) is 3.89. The van der Waals surface area contributed by atoms with Crippen molar-refractivity contribution in [3.63, 3.8) is 0 Å². The van der Waals surface area contributed by atoms with Crippen LogP contribution in [0.1, 0.15) is 30.6 Å². The number of hydrogen-bond donors (Lipinski definition) is 2. The van der Waals surface area contributed by atoms with Gasteiger partial charge >= 0.3 is 5.97 Å². The Morgan fingerprint density at radius 3 is 2.81 bits per heavy atom. The molecule has 0 heterocycles. The predicted molar refractivity (Wildman–Crippen MR) is 61.3 cm³/mol. The molecule has 1 unspecified atom stereocenters. The molecule has 0 saturated carbocycles. The molecule has 1 aromatic rings. The first-order valence-electron chi connectivity index (χ1n) is 5.31. The summed E-state index contributed by atoms with van der Waals surface area (Å²) in [5.74, 6) is -1.05. The van der Waals surface area contributed by atoms with Gasteiger partial charge in [-0.1, -0.05) is 20.3 Å². The van der Waals surface area contributed by atoms with Crippen LogP contribution in [0.3, 0.4) is 0 Å². The van der Waals surface area contributed by atoms with E-state index in [1.165, 1.54) is 18.2 Å². The molecule has 0 bridgehead atoms. The third-order valence-electron chi connectivity index (χ3n) is 2.55. The zero-order valence-electron chi connectivity index (χ0n) is 9.46. The molecule has 3 nitrogen and oxygen atoms in total. The van der Waals surface area contributed by atoms with Crippen LogP contribution in [0.2, 0.25) is 0 Å². The number of carboxylic acid groups (broad SMARTS) is 1. The van der Waals surface area contributed by atoms with E-state index in [9.17, 15) is 9.18 Å². The van der Waals surface area contributed by atoms with Gasteiger partial charge in [0.25, 0.3) is 0 Å². The number of benzene rings is 1. The van der Waals surface area contributed by atoms with Crippen molar-refractivity contribution >= 4 is 11.7 Å². The minimum atomic E-state index is -1.05. The van der Waals surface area contributed by atoms with Gasteiger partial charge in [-0.15, -0.1) is 0 Å². The Morgan fingerprint density at radius 1 is 1.56 bits per heavy atom. The summed E-state index contributed by atoms with van der Waals surface area (Å²) in [6.07, 6.45) is 0.993. The van der Waals surface area contributed by atoms with Gasteiger partial charge in [0.1, 0.15) is 5.82 Å². The fourth-order valence-corrected chi connectivity index (χ4v) is 1.22. The first kappa shape index (κ1) is 12.5. The highest BCUT2D eigenvalue weighted by molar-refractivity contribution is 5.88. The Labute approximate surface area is 94.3 Å². The summed E-state index contributed by atoms with van der Waals surface area (Å²) in [5, 5.41) is 11.7. The maximum Gasteiger partial charge on any atom is 0.335 e. The highest BCUT2D eigenvalue weighted by Crippen LogP contribution is 2.17. The van der Waals surface area contributed by atoms with E-state index in [0.717, 1.165) is 6.42 Å². The number of hydrogen-bond acceptors (Lipinski definition) is 2. The van der Waals surface area contributed by atoms with E-state index in [0.29, 0.717) is 12.5 Å². The molecule has 0 radical (unpaired) electrons. The molecule has 1 rings (SSSR count). The van der Waals surface area contributed by atoms with E-state index >= 15 is 0 Å². The van der Waals surface area contributed by atoms with Crippen LogP contribution in [-0.2, 0) is 0 Å². The number of carboxylic acids is 1. The molecule has 1 atom stereocenters. The van der Waals surface area contributed by atoms with Gasteiger partial charge in [-0.2, -0.15) is 0 Å². The number of halogens is 1. The Bertz CT molecular complexity index is 379. The smallest absolute Gasteiger partial charge is 0.335 e. The maximum atomic E-state index is 13.3. The molecule has 0 fully saturated rings. The Kier molecular flexibility index (Phi) is 4.28. The van der Waals surface area contributed by atoms with Crippen LogP contribution in [0.5, 0.6) is 0 Å². The van der Waals surface area contributed by atoms with Gasteiger partial charge in [-0.25, -0.2) is 9.18 Å². The molecule has 88 valence electrons. The molecule has 0 aliphatic rings. The van der Waals surface area contributed by atoms with Gasteiger partial charge < -0.3 is 10.4 Å². The van der Waals surface area contributed by atoms with Crippen LogP contribution in [-0.4, -0.2) is 17.6 Å². The van der Waals surface area contributed by atoms with Crippen molar-refractivity contribution in [3.05, 3.63) is 29.6 Å². The largest absolute Gasteiger partial charge is 0.478 e. The summed E-state index contributed by atoms with van der Waals surface area (Å²) >= 11 is 0. The summed E-state index contributed by atoms with van der Waals surface area (Å²) in [6.45, 7) is 4.73. The second kappa shape index (κ2) is 5.49.